The molecule has 1 spiro atoms. The van der Waals surface area contributed by atoms with Crippen molar-refractivity contribution < 1.29 is 14.6 Å². The number of rotatable bonds is 1. The van der Waals surface area contributed by atoms with Gasteiger partial charge in [0.25, 0.3) is 0 Å². The molecule has 2 N–H and O–H groups in total. The van der Waals surface area contributed by atoms with Gasteiger partial charge in [0.05, 0.1) is 7.11 Å². The van der Waals surface area contributed by atoms with Gasteiger partial charge in [0, 0.05) is 18.4 Å². The zero-order valence-corrected chi connectivity index (χ0v) is 9.90. The molecule has 92 valence electrons. The highest BCUT2D eigenvalue weighted by Gasteiger charge is 2.48. The lowest BCUT2D eigenvalue weighted by atomic mass is 9.85. The summed E-state index contributed by atoms with van der Waals surface area (Å²) < 4.78 is 11.2. The fraction of sp³-hybridized carbons (Fsp3) is 0.538. The van der Waals surface area contributed by atoms with E-state index in [1.165, 1.54) is 0 Å². The third kappa shape index (κ3) is 1.59. The van der Waals surface area contributed by atoms with Crippen LogP contribution in [-0.2, 0) is 0 Å². The van der Waals surface area contributed by atoms with Crippen molar-refractivity contribution in [3.63, 3.8) is 0 Å². The van der Waals surface area contributed by atoms with E-state index in [4.69, 9.17) is 9.47 Å². The first-order valence-electron chi connectivity index (χ1n) is 6.01. The number of nitrogens with one attached hydrogen (secondary N) is 1. The summed E-state index contributed by atoms with van der Waals surface area (Å²) in [4.78, 5) is 0. The van der Waals surface area contributed by atoms with Gasteiger partial charge in [0.15, 0.2) is 0 Å². The summed E-state index contributed by atoms with van der Waals surface area (Å²) in [7, 11) is 1.63. The van der Waals surface area contributed by atoms with E-state index < -0.39 is 11.7 Å². The van der Waals surface area contributed by atoms with Crippen LogP contribution in [0.1, 0.15) is 24.5 Å². The highest BCUT2D eigenvalue weighted by atomic mass is 16.5. The second kappa shape index (κ2) is 3.89. The molecule has 1 fully saturated rings. The second-order valence-corrected chi connectivity index (χ2v) is 4.72. The molecule has 2 heterocycles. The summed E-state index contributed by atoms with van der Waals surface area (Å²) in [6, 6.07) is 5.62. The van der Waals surface area contributed by atoms with Gasteiger partial charge in [-0.05, 0) is 31.3 Å². The van der Waals surface area contributed by atoms with Crippen LogP contribution < -0.4 is 14.8 Å². The number of ether oxygens (including phenoxy) is 2. The van der Waals surface area contributed by atoms with Crippen molar-refractivity contribution in [3.05, 3.63) is 23.8 Å². The monoisotopic (exact) mass is 235 g/mol. The van der Waals surface area contributed by atoms with Crippen molar-refractivity contribution in [2.45, 2.75) is 24.5 Å². The third-order valence-electron chi connectivity index (χ3n) is 3.77. The molecule has 0 aliphatic carbocycles. The van der Waals surface area contributed by atoms with Gasteiger partial charge < -0.3 is 19.9 Å². The van der Waals surface area contributed by atoms with Crippen LogP contribution in [0.25, 0.3) is 0 Å². The molecule has 4 heteroatoms. The molecule has 0 amide bonds. The number of fused-ring (bicyclic) bond motifs is 1. The van der Waals surface area contributed by atoms with E-state index in [0.717, 1.165) is 43.0 Å². The first kappa shape index (κ1) is 10.9. The smallest absolute Gasteiger partial charge is 0.141 e. The number of hydrogen-bond acceptors (Lipinski definition) is 4. The molecule has 0 saturated carbocycles. The van der Waals surface area contributed by atoms with Crippen LogP contribution in [0.15, 0.2) is 18.2 Å². The minimum absolute atomic E-state index is 0.431. The van der Waals surface area contributed by atoms with E-state index in [9.17, 15) is 5.11 Å². The molecule has 1 aromatic carbocycles. The van der Waals surface area contributed by atoms with Gasteiger partial charge in [0.2, 0.25) is 0 Å². The summed E-state index contributed by atoms with van der Waals surface area (Å²) in [5.74, 6) is 1.55. The number of hydrogen-bond donors (Lipinski definition) is 2. The van der Waals surface area contributed by atoms with Gasteiger partial charge in [0.1, 0.15) is 23.2 Å². The highest BCUT2D eigenvalue weighted by molar-refractivity contribution is 5.46. The Kier molecular flexibility index (Phi) is 2.49. The molecular weight excluding hydrogens is 218 g/mol. The Balaban J connectivity index is 1.96. The van der Waals surface area contributed by atoms with Crippen LogP contribution in [0.5, 0.6) is 11.5 Å². The molecule has 3 rings (SSSR count). The van der Waals surface area contributed by atoms with E-state index in [0.29, 0.717) is 0 Å². The number of methoxy groups -OCH3 is 1. The first-order valence-corrected chi connectivity index (χ1v) is 6.01. The molecule has 1 atom stereocenters. The molecular formula is C13H17NO3. The largest absolute Gasteiger partial charge is 0.497 e. The Morgan fingerprint density at radius 2 is 2.18 bits per heavy atom. The van der Waals surface area contributed by atoms with Gasteiger partial charge in [-0.25, -0.2) is 0 Å². The SMILES string of the molecule is COc1ccc2c(c1)C(O)C1(CCNCC1)O2. The van der Waals surface area contributed by atoms with E-state index in [1.54, 1.807) is 7.11 Å². The molecule has 17 heavy (non-hydrogen) atoms. The van der Waals surface area contributed by atoms with Crippen LogP contribution in [0.3, 0.4) is 0 Å². The van der Waals surface area contributed by atoms with E-state index in [1.807, 2.05) is 18.2 Å². The van der Waals surface area contributed by atoms with Crippen molar-refractivity contribution in [1.29, 1.82) is 0 Å². The molecule has 4 nitrogen and oxygen atoms in total. The van der Waals surface area contributed by atoms with E-state index in [-0.39, 0.29) is 0 Å². The fourth-order valence-electron chi connectivity index (χ4n) is 2.74. The maximum atomic E-state index is 10.5. The van der Waals surface area contributed by atoms with Crippen molar-refractivity contribution in [2.75, 3.05) is 20.2 Å². The molecule has 0 aromatic heterocycles. The number of aliphatic hydroxyl groups is 1. The van der Waals surface area contributed by atoms with Crippen molar-refractivity contribution in [1.82, 2.24) is 5.32 Å². The summed E-state index contributed by atoms with van der Waals surface area (Å²) in [5.41, 5.74) is 0.422. The molecule has 0 bridgehead atoms. The fourth-order valence-corrected chi connectivity index (χ4v) is 2.74. The normalized spacial score (nSPS) is 25.4. The zero-order chi connectivity index (χ0) is 11.9. The topological polar surface area (TPSA) is 50.7 Å². The van der Waals surface area contributed by atoms with Crippen LogP contribution in [0.2, 0.25) is 0 Å². The van der Waals surface area contributed by atoms with Gasteiger partial charge in [-0.2, -0.15) is 0 Å². The maximum Gasteiger partial charge on any atom is 0.141 e. The van der Waals surface area contributed by atoms with Gasteiger partial charge in [-0.15, -0.1) is 0 Å². The van der Waals surface area contributed by atoms with Gasteiger partial charge >= 0.3 is 0 Å². The molecule has 2 aliphatic heterocycles. The lowest BCUT2D eigenvalue weighted by molar-refractivity contribution is -0.0484. The number of aliphatic hydroxyl groups excluding tert-OH is 1. The predicted octanol–water partition coefficient (Wildman–Crippen LogP) is 1.24. The van der Waals surface area contributed by atoms with E-state index >= 15 is 0 Å². The molecule has 2 aliphatic rings. The zero-order valence-electron chi connectivity index (χ0n) is 9.90. The Morgan fingerprint density at radius 1 is 1.41 bits per heavy atom. The predicted molar refractivity (Wildman–Crippen MR) is 63.4 cm³/mol. The molecule has 1 unspecified atom stereocenters. The molecule has 0 radical (unpaired) electrons. The Hall–Kier alpha value is -1.26. The average molecular weight is 235 g/mol. The standard InChI is InChI=1S/C13H17NO3/c1-16-9-2-3-11-10(8-9)12(15)13(17-11)4-6-14-7-5-13/h2-3,8,12,14-15H,4-7H2,1H3. The Labute approximate surface area is 101 Å². The Morgan fingerprint density at radius 3 is 2.88 bits per heavy atom. The summed E-state index contributed by atoms with van der Waals surface area (Å²) >= 11 is 0. The number of piperidine rings is 1. The van der Waals surface area contributed by atoms with Gasteiger partial charge in [-0.1, -0.05) is 0 Å². The van der Waals surface area contributed by atoms with Crippen molar-refractivity contribution in [2.24, 2.45) is 0 Å². The minimum atomic E-state index is -0.547. The number of benzene rings is 1. The van der Waals surface area contributed by atoms with Crippen molar-refractivity contribution in [3.8, 4) is 11.5 Å². The summed E-state index contributed by atoms with van der Waals surface area (Å²) in [6.07, 6.45) is 1.13. The van der Waals surface area contributed by atoms with E-state index in [2.05, 4.69) is 5.32 Å². The quantitative estimate of drug-likeness (QED) is 0.769. The summed E-state index contributed by atoms with van der Waals surface area (Å²) in [5, 5.41) is 13.8. The highest BCUT2D eigenvalue weighted by Crippen LogP contribution is 2.48. The molecule has 1 aromatic rings. The first-order chi connectivity index (χ1) is 8.25. The lowest BCUT2D eigenvalue weighted by Gasteiger charge is -2.35. The van der Waals surface area contributed by atoms with Crippen LogP contribution in [-0.4, -0.2) is 30.9 Å². The van der Waals surface area contributed by atoms with Crippen LogP contribution in [0, 0.1) is 0 Å². The Bertz CT molecular complexity index is 427. The van der Waals surface area contributed by atoms with Crippen molar-refractivity contribution >= 4 is 0 Å². The second-order valence-electron chi connectivity index (χ2n) is 4.72. The lowest BCUT2D eigenvalue weighted by Crippen LogP contribution is -2.47. The average Bonchev–Trinajstić information content (AvgIpc) is 2.63. The summed E-state index contributed by atoms with van der Waals surface area (Å²) in [6.45, 7) is 1.78. The van der Waals surface area contributed by atoms with Crippen LogP contribution in [0.4, 0.5) is 0 Å². The maximum absolute atomic E-state index is 10.5. The minimum Gasteiger partial charge on any atom is -0.497 e. The van der Waals surface area contributed by atoms with Crippen LogP contribution >= 0.6 is 0 Å². The third-order valence-corrected chi connectivity index (χ3v) is 3.77. The molecule has 1 saturated heterocycles. The van der Waals surface area contributed by atoms with Gasteiger partial charge in [-0.3, -0.25) is 0 Å².